The van der Waals surface area contributed by atoms with Crippen LogP contribution in [0, 0.1) is 0 Å². The van der Waals surface area contributed by atoms with Gasteiger partial charge in [0.25, 0.3) is 0 Å². The van der Waals surface area contributed by atoms with E-state index >= 15 is 0 Å². The summed E-state index contributed by atoms with van der Waals surface area (Å²) in [4.78, 5) is 23.5. The first kappa shape index (κ1) is 21.7. The zero-order valence-corrected chi connectivity index (χ0v) is 18.6. The summed E-state index contributed by atoms with van der Waals surface area (Å²) in [6.45, 7) is 3.87. The van der Waals surface area contributed by atoms with Crippen LogP contribution in [0.25, 0.3) is 10.9 Å². The highest BCUT2D eigenvalue weighted by Crippen LogP contribution is 2.36. The lowest BCUT2D eigenvalue weighted by atomic mass is 9.91. The average molecular weight is 437 g/mol. The number of carbonyl (C=O) groups excluding carboxylic acids is 1. The summed E-state index contributed by atoms with van der Waals surface area (Å²) >= 11 is 0. The predicted octanol–water partition coefficient (Wildman–Crippen LogP) is 4.46. The van der Waals surface area contributed by atoms with E-state index in [9.17, 15) is 4.79 Å². The number of carbonyl (C=O) groups is 1. The molecule has 0 radical (unpaired) electrons. The second-order valence-electron chi connectivity index (χ2n) is 7.63. The molecular formula is C24H28N4O4. The van der Waals surface area contributed by atoms with Gasteiger partial charge < -0.3 is 24.4 Å². The van der Waals surface area contributed by atoms with Crippen molar-refractivity contribution in [3.63, 3.8) is 0 Å². The number of hydrogen-bond acceptors (Lipinski definition) is 6. The van der Waals surface area contributed by atoms with Gasteiger partial charge in [0.2, 0.25) is 0 Å². The van der Waals surface area contributed by atoms with Crippen molar-refractivity contribution >= 4 is 22.6 Å². The number of benzene rings is 2. The third kappa shape index (κ3) is 4.54. The zero-order chi connectivity index (χ0) is 22.5. The third-order valence-electron chi connectivity index (χ3n) is 5.76. The molecule has 0 atom stereocenters. The molecule has 1 aliphatic heterocycles. The summed E-state index contributed by atoms with van der Waals surface area (Å²) in [6, 6.07) is 11.1. The van der Waals surface area contributed by atoms with Crippen LogP contribution >= 0.6 is 0 Å². The number of ether oxygens (including phenoxy) is 3. The lowest BCUT2D eigenvalue weighted by molar-refractivity contribution is 0.194. The van der Waals surface area contributed by atoms with Crippen LogP contribution in [0.15, 0.2) is 42.7 Å². The van der Waals surface area contributed by atoms with Crippen molar-refractivity contribution < 1.29 is 19.0 Å². The van der Waals surface area contributed by atoms with E-state index in [2.05, 4.69) is 15.3 Å². The van der Waals surface area contributed by atoms with Crippen molar-refractivity contribution in [1.29, 1.82) is 0 Å². The van der Waals surface area contributed by atoms with Gasteiger partial charge in [-0.3, -0.25) is 0 Å². The zero-order valence-electron chi connectivity index (χ0n) is 18.6. The molecule has 0 spiro atoms. The van der Waals surface area contributed by atoms with Crippen LogP contribution in [0.5, 0.6) is 17.2 Å². The van der Waals surface area contributed by atoms with Gasteiger partial charge >= 0.3 is 6.03 Å². The SMILES string of the molecule is CCOc1ccc(NC(=O)N2CCC(c3ncnc4cc(OC)c(OC)cc34)CC2)cc1. The summed E-state index contributed by atoms with van der Waals surface area (Å²) in [6.07, 6.45) is 3.25. The fourth-order valence-electron chi connectivity index (χ4n) is 4.09. The second-order valence-corrected chi connectivity index (χ2v) is 7.63. The maximum atomic E-state index is 12.7. The summed E-state index contributed by atoms with van der Waals surface area (Å²) in [5.41, 5.74) is 2.56. The molecule has 8 nitrogen and oxygen atoms in total. The smallest absolute Gasteiger partial charge is 0.321 e. The van der Waals surface area contributed by atoms with Crippen LogP contribution in [0.3, 0.4) is 0 Å². The summed E-state index contributed by atoms with van der Waals surface area (Å²) in [7, 11) is 3.23. The highest BCUT2D eigenvalue weighted by atomic mass is 16.5. The standard InChI is InChI=1S/C24H28N4O4/c1-4-32-18-7-5-17(6-8-18)27-24(29)28-11-9-16(10-12-28)23-19-13-21(30-2)22(31-3)14-20(19)25-15-26-23/h5-8,13-16H,4,9-12H2,1-3H3,(H,27,29). The maximum absolute atomic E-state index is 12.7. The Morgan fingerprint density at radius 2 is 1.75 bits per heavy atom. The maximum Gasteiger partial charge on any atom is 0.321 e. The summed E-state index contributed by atoms with van der Waals surface area (Å²) in [5, 5.41) is 3.93. The fourth-order valence-corrected chi connectivity index (χ4v) is 4.09. The number of likely N-dealkylation sites (tertiary alicyclic amines) is 1. The lowest BCUT2D eigenvalue weighted by Crippen LogP contribution is -2.40. The Kier molecular flexibility index (Phi) is 6.58. The van der Waals surface area contributed by atoms with Crippen LogP contribution < -0.4 is 19.5 Å². The average Bonchev–Trinajstić information content (AvgIpc) is 2.84. The molecule has 1 N–H and O–H groups in total. The van der Waals surface area contributed by atoms with Gasteiger partial charge in [-0.2, -0.15) is 0 Å². The Bertz CT molecular complexity index is 1080. The number of nitrogens with zero attached hydrogens (tertiary/aromatic N) is 3. The monoisotopic (exact) mass is 436 g/mol. The molecule has 1 aliphatic rings. The van der Waals surface area contributed by atoms with Crippen LogP contribution in [0.4, 0.5) is 10.5 Å². The lowest BCUT2D eigenvalue weighted by Gasteiger charge is -2.32. The van der Waals surface area contributed by atoms with Gasteiger partial charge in [0.15, 0.2) is 11.5 Å². The van der Waals surface area contributed by atoms with Crippen LogP contribution in [0.2, 0.25) is 0 Å². The van der Waals surface area contributed by atoms with E-state index in [0.717, 1.165) is 40.9 Å². The van der Waals surface area contributed by atoms with Gasteiger partial charge in [-0.25, -0.2) is 14.8 Å². The van der Waals surface area contributed by atoms with Crippen molar-refractivity contribution in [2.24, 2.45) is 0 Å². The molecule has 4 rings (SSSR count). The van der Waals surface area contributed by atoms with E-state index in [4.69, 9.17) is 14.2 Å². The minimum atomic E-state index is -0.0911. The molecule has 8 heteroatoms. The topological polar surface area (TPSA) is 85.8 Å². The van der Waals surface area contributed by atoms with Crippen molar-refractivity contribution in [2.45, 2.75) is 25.7 Å². The van der Waals surface area contributed by atoms with Crippen LogP contribution in [0.1, 0.15) is 31.4 Å². The molecule has 2 amide bonds. The molecule has 1 fully saturated rings. The van der Waals surface area contributed by atoms with E-state index in [1.54, 1.807) is 20.5 Å². The minimum Gasteiger partial charge on any atom is -0.494 e. The molecule has 2 heterocycles. The van der Waals surface area contributed by atoms with Crippen molar-refractivity contribution in [3.8, 4) is 17.2 Å². The number of hydrogen-bond donors (Lipinski definition) is 1. The van der Waals surface area contributed by atoms with Gasteiger partial charge in [-0.05, 0) is 50.1 Å². The Balaban J connectivity index is 1.43. The molecule has 168 valence electrons. The van der Waals surface area contributed by atoms with Gasteiger partial charge in [-0.15, -0.1) is 0 Å². The highest BCUT2D eigenvalue weighted by molar-refractivity contribution is 5.89. The van der Waals surface area contributed by atoms with E-state index in [1.165, 1.54) is 0 Å². The minimum absolute atomic E-state index is 0.0911. The van der Waals surface area contributed by atoms with Crippen molar-refractivity contribution in [2.75, 3.05) is 39.2 Å². The molecule has 0 bridgehead atoms. The predicted molar refractivity (Wildman–Crippen MR) is 123 cm³/mol. The van der Waals surface area contributed by atoms with Gasteiger partial charge in [0, 0.05) is 36.1 Å². The van der Waals surface area contributed by atoms with Gasteiger partial charge in [-0.1, -0.05) is 0 Å². The quantitative estimate of drug-likeness (QED) is 0.614. The molecule has 1 aromatic heterocycles. The highest BCUT2D eigenvalue weighted by Gasteiger charge is 2.26. The molecule has 1 saturated heterocycles. The first-order valence-electron chi connectivity index (χ1n) is 10.8. The first-order valence-corrected chi connectivity index (χ1v) is 10.8. The Labute approximate surface area is 187 Å². The summed E-state index contributed by atoms with van der Waals surface area (Å²) in [5.74, 6) is 2.33. The second kappa shape index (κ2) is 9.72. The molecule has 2 aromatic carbocycles. The molecule has 0 unspecified atom stereocenters. The van der Waals surface area contributed by atoms with E-state index in [1.807, 2.05) is 48.2 Å². The number of anilines is 1. The van der Waals surface area contributed by atoms with Gasteiger partial charge in [0.05, 0.1) is 32.0 Å². The number of amides is 2. The fraction of sp³-hybridized carbons (Fsp3) is 0.375. The van der Waals surface area contributed by atoms with Crippen molar-refractivity contribution in [1.82, 2.24) is 14.9 Å². The molecule has 3 aromatic rings. The number of urea groups is 1. The largest absolute Gasteiger partial charge is 0.494 e. The van der Waals surface area contributed by atoms with Crippen molar-refractivity contribution in [3.05, 3.63) is 48.4 Å². The van der Waals surface area contributed by atoms with E-state index in [-0.39, 0.29) is 11.9 Å². The third-order valence-corrected chi connectivity index (χ3v) is 5.76. The normalized spacial score (nSPS) is 14.3. The van der Waals surface area contributed by atoms with E-state index < -0.39 is 0 Å². The summed E-state index contributed by atoms with van der Waals surface area (Å²) < 4.78 is 16.3. The first-order chi connectivity index (χ1) is 15.6. The van der Waals surface area contributed by atoms with Crippen LogP contribution in [-0.2, 0) is 0 Å². The number of piperidine rings is 1. The van der Waals surface area contributed by atoms with E-state index in [0.29, 0.717) is 31.2 Å². The Morgan fingerprint density at radius 1 is 1.06 bits per heavy atom. The van der Waals surface area contributed by atoms with Gasteiger partial charge in [0.1, 0.15) is 12.1 Å². The Morgan fingerprint density at radius 3 is 2.41 bits per heavy atom. The number of fused-ring (bicyclic) bond motifs is 1. The number of rotatable bonds is 6. The number of methoxy groups -OCH3 is 2. The molecular weight excluding hydrogens is 408 g/mol. The Hall–Kier alpha value is -3.55. The molecule has 0 aliphatic carbocycles. The number of nitrogens with one attached hydrogen (secondary N) is 1. The number of aromatic nitrogens is 2. The molecule has 32 heavy (non-hydrogen) atoms. The van der Waals surface area contributed by atoms with Crippen LogP contribution in [-0.4, -0.2) is 54.8 Å². The molecule has 0 saturated carbocycles.